The number of ether oxygens (including phenoxy) is 2. The first-order chi connectivity index (χ1) is 15.7. The van der Waals surface area contributed by atoms with Crippen molar-refractivity contribution in [1.82, 2.24) is 14.8 Å². The number of amides is 1. The second-order valence-electron chi connectivity index (χ2n) is 6.77. The van der Waals surface area contributed by atoms with Gasteiger partial charge in [0.05, 0.1) is 20.0 Å². The number of benzene rings is 3. The Morgan fingerprint density at radius 1 is 0.906 bits per heavy atom. The Balaban J connectivity index is 1.56. The summed E-state index contributed by atoms with van der Waals surface area (Å²) in [6, 6.07) is 24.7. The molecule has 1 N–H and O–H groups in total. The number of anilines is 1. The zero-order valence-electron chi connectivity index (χ0n) is 17.7. The van der Waals surface area contributed by atoms with Crippen molar-refractivity contribution in [2.75, 3.05) is 25.3 Å². The maximum absolute atomic E-state index is 12.5. The van der Waals surface area contributed by atoms with Crippen LogP contribution in [0.3, 0.4) is 0 Å². The molecule has 32 heavy (non-hydrogen) atoms. The molecule has 1 amide bonds. The number of thioether (sulfide) groups is 1. The quantitative estimate of drug-likeness (QED) is 0.396. The number of carbonyl (C=O) groups excluding carboxylic acids is 1. The number of nitrogens with one attached hydrogen (secondary N) is 1. The normalized spacial score (nSPS) is 10.6. The maximum Gasteiger partial charge on any atom is 0.234 e. The van der Waals surface area contributed by atoms with Crippen LogP contribution in [0.2, 0.25) is 0 Å². The van der Waals surface area contributed by atoms with Gasteiger partial charge in [0.15, 0.2) is 11.0 Å². The molecular weight excluding hydrogens is 424 g/mol. The molecule has 0 aliphatic carbocycles. The lowest BCUT2D eigenvalue weighted by Gasteiger charge is -2.11. The molecule has 0 radical (unpaired) electrons. The van der Waals surface area contributed by atoms with Crippen molar-refractivity contribution < 1.29 is 14.3 Å². The van der Waals surface area contributed by atoms with Crippen LogP contribution in [0, 0.1) is 0 Å². The Kier molecular flexibility index (Phi) is 6.72. The van der Waals surface area contributed by atoms with Crippen LogP contribution in [0.15, 0.2) is 84.0 Å². The molecular formula is C24H22N4O3S. The van der Waals surface area contributed by atoms with E-state index in [4.69, 9.17) is 9.47 Å². The van der Waals surface area contributed by atoms with E-state index in [1.807, 2.05) is 59.2 Å². The van der Waals surface area contributed by atoms with Gasteiger partial charge in [0.25, 0.3) is 0 Å². The highest BCUT2D eigenvalue weighted by atomic mass is 32.2. The van der Waals surface area contributed by atoms with Gasteiger partial charge in [-0.1, -0.05) is 42.1 Å². The first-order valence-corrected chi connectivity index (χ1v) is 10.9. The van der Waals surface area contributed by atoms with Crippen LogP contribution in [0.4, 0.5) is 5.69 Å². The molecule has 8 heteroatoms. The number of para-hydroxylation sites is 1. The third kappa shape index (κ3) is 4.92. The van der Waals surface area contributed by atoms with Crippen molar-refractivity contribution in [2.45, 2.75) is 5.16 Å². The van der Waals surface area contributed by atoms with Gasteiger partial charge in [0.1, 0.15) is 11.5 Å². The number of hydrogen-bond donors (Lipinski definition) is 1. The average molecular weight is 447 g/mol. The van der Waals surface area contributed by atoms with Crippen LogP contribution in [-0.2, 0) is 4.79 Å². The Morgan fingerprint density at radius 2 is 1.66 bits per heavy atom. The summed E-state index contributed by atoms with van der Waals surface area (Å²) in [5.74, 6) is 2.20. The molecule has 3 aromatic carbocycles. The van der Waals surface area contributed by atoms with Crippen LogP contribution in [0.1, 0.15) is 0 Å². The van der Waals surface area contributed by atoms with E-state index in [1.165, 1.54) is 11.8 Å². The van der Waals surface area contributed by atoms with Crippen molar-refractivity contribution in [3.8, 4) is 28.6 Å². The largest absolute Gasteiger partial charge is 0.497 e. The van der Waals surface area contributed by atoms with E-state index in [2.05, 4.69) is 15.5 Å². The predicted octanol–water partition coefficient (Wildman–Crippen LogP) is 4.68. The van der Waals surface area contributed by atoms with E-state index in [0.717, 1.165) is 22.7 Å². The summed E-state index contributed by atoms with van der Waals surface area (Å²) < 4.78 is 12.4. The fraction of sp³-hybridized carbons (Fsp3) is 0.125. The summed E-state index contributed by atoms with van der Waals surface area (Å²) in [5, 5.41) is 12.3. The number of aromatic nitrogens is 3. The summed E-state index contributed by atoms with van der Waals surface area (Å²) in [6.45, 7) is 0. The van der Waals surface area contributed by atoms with Gasteiger partial charge in [-0.05, 0) is 48.5 Å². The number of methoxy groups -OCH3 is 2. The SMILES string of the molecule is COc1ccc(NC(=O)CSc2nnc(-c3cccc(OC)c3)n2-c2ccccc2)cc1. The van der Waals surface area contributed by atoms with Gasteiger partial charge in [-0.3, -0.25) is 9.36 Å². The van der Waals surface area contributed by atoms with Crippen molar-refractivity contribution in [3.05, 3.63) is 78.9 Å². The smallest absolute Gasteiger partial charge is 0.234 e. The third-order valence-corrected chi connectivity index (χ3v) is 5.61. The van der Waals surface area contributed by atoms with Crippen LogP contribution in [-0.4, -0.2) is 40.6 Å². The number of hydrogen-bond acceptors (Lipinski definition) is 6. The van der Waals surface area contributed by atoms with Crippen molar-refractivity contribution in [2.24, 2.45) is 0 Å². The van der Waals surface area contributed by atoms with Crippen LogP contribution in [0.25, 0.3) is 17.1 Å². The van der Waals surface area contributed by atoms with Gasteiger partial charge >= 0.3 is 0 Å². The molecule has 0 bridgehead atoms. The second kappa shape index (κ2) is 10.0. The fourth-order valence-electron chi connectivity index (χ4n) is 3.12. The van der Waals surface area contributed by atoms with Crippen LogP contribution < -0.4 is 14.8 Å². The summed E-state index contributed by atoms with van der Waals surface area (Å²) in [6.07, 6.45) is 0. The van der Waals surface area contributed by atoms with Crippen LogP contribution >= 0.6 is 11.8 Å². The zero-order valence-corrected chi connectivity index (χ0v) is 18.5. The fourth-order valence-corrected chi connectivity index (χ4v) is 3.88. The molecule has 4 rings (SSSR count). The number of nitrogens with zero attached hydrogens (tertiary/aromatic N) is 3. The molecule has 0 fully saturated rings. The molecule has 162 valence electrons. The van der Waals surface area contributed by atoms with Gasteiger partial charge in [-0.2, -0.15) is 0 Å². The highest BCUT2D eigenvalue weighted by Crippen LogP contribution is 2.29. The van der Waals surface area contributed by atoms with E-state index < -0.39 is 0 Å². The minimum absolute atomic E-state index is 0.134. The van der Waals surface area contributed by atoms with E-state index in [9.17, 15) is 4.79 Å². The molecule has 1 heterocycles. The van der Waals surface area contributed by atoms with Gasteiger partial charge in [-0.15, -0.1) is 10.2 Å². The summed E-state index contributed by atoms with van der Waals surface area (Å²) in [4.78, 5) is 12.5. The Morgan fingerprint density at radius 3 is 2.38 bits per heavy atom. The summed E-state index contributed by atoms with van der Waals surface area (Å²) >= 11 is 1.32. The lowest BCUT2D eigenvalue weighted by atomic mass is 10.2. The molecule has 1 aromatic heterocycles. The topological polar surface area (TPSA) is 78.3 Å². The lowest BCUT2D eigenvalue weighted by Crippen LogP contribution is -2.14. The predicted molar refractivity (Wildman–Crippen MR) is 126 cm³/mol. The average Bonchev–Trinajstić information content (AvgIpc) is 3.28. The Hall–Kier alpha value is -3.78. The van der Waals surface area contributed by atoms with Gasteiger partial charge in [0.2, 0.25) is 5.91 Å². The zero-order chi connectivity index (χ0) is 22.3. The molecule has 4 aromatic rings. The molecule has 0 spiro atoms. The van der Waals surface area contributed by atoms with Gasteiger partial charge in [-0.25, -0.2) is 0 Å². The lowest BCUT2D eigenvalue weighted by molar-refractivity contribution is -0.113. The maximum atomic E-state index is 12.5. The third-order valence-electron chi connectivity index (χ3n) is 4.68. The minimum atomic E-state index is -0.134. The van der Waals surface area contributed by atoms with E-state index in [-0.39, 0.29) is 11.7 Å². The minimum Gasteiger partial charge on any atom is -0.497 e. The molecule has 7 nitrogen and oxygen atoms in total. The first-order valence-electron chi connectivity index (χ1n) is 9.90. The molecule has 0 unspecified atom stereocenters. The molecule has 0 atom stereocenters. The Bertz CT molecular complexity index is 1190. The van der Waals surface area contributed by atoms with Crippen LogP contribution in [0.5, 0.6) is 11.5 Å². The van der Waals surface area contributed by atoms with Crippen molar-refractivity contribution in [1.29, 1.82) is 0 Å². The molecule has 0 saturated heterocycles. The summed E-state index contributed by atoms with van der Waals surface area (Å²) in [5.41, 5.74) is 2.49. The molecule has 0 aliphatic rings. The number of rotatable bonds is 8. The number of carbonyl (C=O) groups is 1. The Labute approximate surface area is 190 Å². The highest BCUT2D eigenvalue weighted by Gasteiger charge is 2.17. The van der Waals surface area contributed by atoms with Gasteiger partial charge < -0.3 is 14.8 Å². The van der Waals surface area contributed by atoms with E-state index in [0.29, 0.717) is 16.7 Å². The second-order valence-corrected chi connectivity index (χ2v) is 7.72. The molecule has 0 saturated carbocycles. The highest BCUT2D eigenvalue weighted by molar-refractivity contribution is 7.99. The molecule has 0 aliphatic heterocycles. The first kappa shape index (κ1) is 21.5. The van der Waals surface area contributed by atoms with Crippen molar-refractivity contribution >= 4 is 23.4 Å². The monoisotopic (exact) mass is 446 g/mol. The van der Waals surface area contributed by atoms with Crippen molar-refractivity contribution in [3.63, 3.8) is 0 Å². The van der Waals surface area contributed by atoms with E-state index >= 15 is 0 Å². The standard InChI is InChI=1S/C24H22N4O3S/c1-30-20-13-11-18(12-14-20)25-22(29)16-32-24-27-26-23(17-7-6-10-21(15-17)31-2)28(24)19-8-4-3-5-9-19/h3-15H,16H2,1-2H3,(H,25,29). The van der Waals surface area contributed by atoms with E-state index in [1.54, 1.807) is 38.5 Å². The van der Waals surface area contributed by atoms with Gasteiger partial charge in [0, 0.05) is 16.9 Å². The summed E-state index contributed by atoms with van der Waals surface area (Å²) in [7, 11) is 3.23.